The molecule has 12 N–H and O–H groups in total. The third kappa shape index (κ3) is 11.2. The van der Waals surface area contributed by atoms with E-state index in [1.165, 1.54) is 0 Å². The number of nitrogens with two attached hydrogens (primary N) is 4. The molecule has 0 saturated carbocycles. The molecule has 2 aromatic heterocycles. The van der Waals surface area contributed by atoms with E-state index in [0.29, 0.717) is 73.9 Å². The van der Waals surface area contributed by atoms with E-state index in [0.717, 1.165) is 35.0 Å². The molecule has 2 aromatic carbocycles. The normalized spacial score (nSPS) is 11.1. The molecule has 0 unspecified atom stereocenters. The Hall–Kier alpha value is -5.66. The summed E-state index contributed by atoms with van der Waals surface area (Å²) in [5.41, 5.74) is 25.7. The zero-order valence-corrected chi connectivity index (χ0v) is 29.5. The van der Waals surface area contributed by atoms with Crippen molar-refractivity contribution in [3.63, 3.8) is 0 Å². The number of carbonyl (C=O) groups excluding carboxylic acids is 2. The summed E-state index contributed by atoms with van der Waals surface area (Å²) < 4.78 is 3.93. The average Bonchev–Trinajstić information content (AvgIpc) is 3.67. The second-order valence-electron chi connectivity index (χ2n) is 13.1. The zero-order chi connectivity index (χ0) is 36.2. The topological polar surface area (TPSA) is 221 Å². The Balaban J connectivity index is 1.49. The first-order chi connectivity index (χ1) is 23.9. The number of hydrogen-bond acceptors (Lipinski definition) is 6. The largest absolute Gasteiger partial charge is 0.382 e. The number of aliphatic imine (C=N–C) groups is 2. The summed E-state index contributed by atoms with van der Waals surface area (Å²) >= 11 is 0. The summed E-state index contributed by atoms with van der Waals surface area (Å²) in [5.74, 6) is 0.592. The van der Waals surface area contributed by atoms with Crippen molar-refractivity contribution in [1.82, 2.24) is 9.13 Å². The fraction of sp³-hybridized carbons (Fsp3) is 0.389. The molecule has 0 bridgehead atoms. The summed E-state index contributed by atoms with van der Waals surface area (Å²) in [4.78, 5) is 35.1. The van der Waals surface area contributed by atoms with Crippen molar-refractivity contribution in [3.8, 4) is 0 Å². The molecule has 50 heavy (non-hydrogen) atoms. The van der Waals surface area contributed by atoms with Crippen LogP contribution < -0.4 is 44.2 Å². The lowest BCUT2D eigenvalue weighted by Gasteiger charge is -2.13. The molecule has 14 heteroatoms. The Kier molecular flexibility index (Phi) is 13.1. The number of guanidine groups is 2. The molecule has 0 saturated heterocycles. The molecule has 0 aliphatic rings. The molecule has 0 aliphatic carbocycles. The predicted molar refractivity (Wildman–Crippen MR) is 206 cm³/mol. The van der Waals surface area contributed by atoms with Gasteiger partial charge >= 0.3 is 0 Å². The lowest BCUT2D eigenvalue weighted by molar-refractivity contribution is 0.101. The number of aryl methyl sites for hydroxylation is 2. The van der Waals surface area contributed by atoms with E-state index in [4.69, 9.17) is 22.9 Å². The lowest BCUT2D eigenvalue weighted by atomic mass is 10.1. The van der Waals surface area contributed by atoms with Crippen molar-refractivity contribution in [2.24, 2.45) is 44.8 Å². The van der Waals surface area contributed by atoms with Crippen molar-refractivity contribution in [2.75, 3.05) is 47.4 Å². The van der Waals surface area contributed by atoms with Crippen molar-refractivity contribution in [2.45, 2.75) is 53.6 Å². The minimum Gasteiger partial charge on any atom is -0.382 e. The van der Waals surface area contributed by atoms with Gasteiger partial charge in [-0.15, -0.1) is 0 Å². The van der Waals surface area contributed by atoms with E-state index in [2.05, 4.69) is 58.9 Å². The van der Waals surface area contributed by atoms with E-state index in [1.807, 2.05) is 70.1 Å². The Labute approximate surface area is 293 Å². The third-order valence-electron chi connectivity index (χ3n) is 7.98. The Bertz CT molecular complexity index is 1680. The Morgan fingerprint density at radius 2 is 1.04 bits per heavy atom. The van der Waals surface area contributed by atoms with E-state index >= 15 is 0 Å². The molecule has 2 heterocycles. The number of anilines is 4. The second kappa shape index (κ2) is 17.7. The molecule has 4 rings (SSSR count). The highest BCUT2D eigenvalue weighted by Crippen LogP contribution is 2.25. The van der Waals surface area contributed by atoms with Gasteiger partial charge in [0, 0.05) is 49.9 Å². The van der Waals surface area contributed by atoms with E-state index < -0.39 is 0 Å². The highest BCUT2D eigenvalue weighted by atomic mass is 16.2. The number of hydrogen-bond donors (Lipinski definition) is 8. The minimum atomic E-state index is -0.222. The molecule has 4 aromatic rings. The van der Waals surface area contributed by atoms with Crippen LogP contribution in [0.2, 0.25) is 0 Å². The van der Waals surface area contributed by atoms with E-state index in [-0.39, 0.29) is 23.7 Å². The van der Waals surface area contributed by atoms with Crippen LogP contribution in [-0.2, 0) is 13.1 Å². The molecule has 2 amide bonds. The Morgan fingerprint density at radius 1 is 0.620 bits per heavy atom. The first-order valence-corrected chi connectivity index (χ1v) is 17.0. The monoisotopic (exact) mass is 684 g/mol. The lowest BCUT2D eigenvalue weighted by Crippen LogP contribution is -2.23. The number of aromatic nitrogens is 2. The van der Waals surface area contributed by atoms with Gasteiger partial charge in [-0.1, -0.05) is 39.8 Å². The van der Waals surface area contributed by atoms with Crippen LogP contribution >= 0.6 is 0 Å². The van der Waals surface area contributed by atoms with Crippen LogP contribution in [0.4, 0.5) is 22.7 Å². The van der Waals surface area contributed by atoms with Gasteiger partial charge in [0.25, 0.3) is 11.8 Å². The van der Waals surface area contributed by atoms with Crippen molar-refractivity contribution < 1.29 is 9.59 Å². The maximum absolute atomic E-state index is 13.6. The summed E-state index contributed by atoms with van der Waals surface area (Å²) in [7, 11) is 0. The third-order valence-corrected chi connectivity index (χ3v) is 7.98. The van der Waals surface area contributed by atoms with Gasteiger partial charge in [0.15, 0.2) is 11.9 Å². The highest BCUT2D eigenvalue weighted by Gasteiger charge is 2.17. The standard InChI is InChI=1S/C36H52N12O2/c1-23(2)9-15-47-21-29(41-11-13-43-35(37)38)19-31(47)33(49)45-27-7-5-25-6-8-28(18-26(25)17-27)46-34(50)32-20-30(42-12-14-44-36(39)40)22-48(32)16-10-24(3)4/h5-8,17-24,41-42H,9-16H2,1-4H3,(H,45,49)(H,46,50)(H4,37,38,43)(H4,39,40,44). The molecular formula is C36H52N12O2. The molecule has 0 radical (unpaired) electrons. The van der Waals surface area contributed by atoms with Gasteiger partial charge in [0.05, 0.1) is 24.5 Å². The van der Waals surface area contributed by atoms with Crippen LogP contribution in [0.5, 0.6) is 0 Å². The number of carbonyl (C=O) groups is 2. The zero-order valence-electron chi connectivity index (χ0n) is 29.5. The minimum absolute atomic E-state index is 0.0399. The average molecular weight is 685 g/mol. The summed E-state index contributed by atoms with van der Waals surface area (Å²) in [6.07, 6.45) is 5.72. The fourth-order valence-electron chi connectivity index (χ4n) is 5.32. The van der Waals surface area contributed by atoms with Crippen molar-refractivity contribution in [1.29, 1.82) is 0 Å². The Morgan fingerprint density at radius 3 is 1.42 bits per heavy atom. The first-order valence-electron chi connectivity index (χ1n) is 17.0. The van der Waals surface area contributed by atoms with Gasteiger partial charge in [-0.3, -0.25) is 19.6 Å². The number of rotatable bonds is 18. The molecule has 0 spiro atoms. The van der Waals surface area contributed by atoms with Crippen LogP contribution in [0.1, 0.15) is 61.5 Å². The van der Waals surface area contributed by atoms with Gasteiger partial charge in [-0.2, -0.15) is 0 Å². The molecule has 268 valence electrons. The molecule has 0 fully saturated rings. The van der Waals surface area contributed by atoms with Gasteiger partial charge in [0.2, 0.25) is 0 Å². The summed E-state index contributed by atoms with van der Waals surface area (Å²) in [6, 6.07) is 15.1. The summed E-state index contributed by atoms with van der Waals surface area (Å²) in [6.45, 7) is 11.9. The predicted octanol–water partition coefficient (Wildman–Crippen LogP) is 4.41. The maximum atomic E-state index is 13.6. The number of amides is 2. The van der Waals surface area contributed by atoms with Crippen LogP contribution in [0.15, 0.2) is 70.9 Å². The smallest absolute Gasteiger partial charge is 0.272 e. The van der Waals surface area contributed by atoms with Gasteiger partial charge in [0.1, 0.15) is 11.4 Å². The number of fused-ring (bicyclic) bond motifs is 1. The number of nitrogens with one attached hydrogen (secondary N) is 4. The van der Waals surface area contributed by atoms with Crippen LogP contribution in [0, 0.1) is 11.8 Å². The molecule has 14 nitrogen and oxygen atoms in total. The number of benzene rings is 2. The molecule has 0 aliphatic heterocycles. The highest BCUT2D eigenvalue weighted by molar-refractivity contribution is 6.06. The van der Waals surface area contributed by atoms with Gasteiger partial charge < -0.3 is 53.3 Å². The molecular weight excluding hydrogens is 632 g/mol. The molecule has 0 atom stereocenters. The van der Waals surface area contributed by atoms with Crippen molar-refractivity contribution in [3.05, 3.63) is 72.3 Å². The first kappa shape index (κ1) is 37.2. The number of nitrogens with zero attached hydrogens (tertiary/aromatic N) is 4. The maximum Gasteiger partial charge on any atom is 0.272 e. The second-order valence-corrected chi connectivity index (χ2v) is 13.1. The van der Waals surface area contributed by atoms with Gasteiger partial charge in [-0.25, -0.2) is 0 Å². The fourth-order valence-corrected chi connectivity index (χ4v) is 5.32. The van der Waals surface area contributed by atoms with Crippen LogP contribution in [-0.4, -0.2) is 59.0 Å². The van der Waals surface area contributed by atoms with Crippen LogP contribution in [0.3, 0.4) is 0 Å². The van der Waals surface area contributed by atoms with Gasteiger partial charge in [-0.05, 0) is 71.8 Å². The van der Waals surface area contributed by atoms with E-state index in [9.17, 15) is 9.59 Å². The SMILES string of the molecule is CC(C)CCn1cc(NCCN=C(N)N)cc1C(=O)Nc1ccc2ccc(NC(=O)c3cc(NCCN=C(N)N)cn3CCC(C)C)cc2c1. The summed E-state index contributed by atoms with van der Waals surface area (Å²) in [5, 5.41) is 14.5. The van der Waals surface area contributed by atoms with Crippen LogP contribution in [0.25, 0.3) is 10.8 Å². The quantitative estimate of drug-likeness (QED) is 0.0425. The van der Waals surface area contributed by atoms with Crippen molar-refractivity contribution >= 4 is 57.3 Å². The van der Waals surface area contributed by atoms with E-state index in [1.54, 1.807) is 0 Å².